The molecule has 37 heavy (non-hydrogen) atoms. The Bertz CT molecular complexity index is 1330. The molecule has 0 spiro atoms. The summed E-state index contributed by atoms with van der Waals surface area (Å²) in [6.07, 6.45) is 0.853. The third-order valence-electron chi connectivity index (χ3n) is 6.25. The third kappa shape index (κ3) is 6.90. The normalized spacial score (nSPS) is 11.6. The Kier molecular flexibility index (Phi) is 8.99. The van der Waals surface area contributed by atoms with Crippen LogP contribution in [0.4, 0.5) is 5.69 Å². The Hall–Kier alpha value is -3.36. The average Bonchev–Trinajstić information content (AvgIpc) is 3.06. The number of halogens is 1. The van der Waals surface area contributed by atoms with E-state index >= 15 is 0 Å². The quantitative estimate of drug-likeness (QED) is 0.358. The van der Waals surface area contributed by atoms with Crippen molar-refractivity contribution in [2.45, 2.75) is 39.7 Å². The number of ketones is 1. The van der Waals surface area contributed by atoms with Crippen LogP contribution in [-0.2, 0) is 18.4 Å². The minimum atomic E-state index is -0.486. The lowest BCUT2D eigenvalue weighted by Gasteiger charge is -2.24. The van der Waals surface area contributed by atoms with E-state index in [-0.39, 0.29) is 35.8 Å². The van der Waals surface area contributed by atoms with E-state index in [0.29, 0.717) is 40.7 Å². The van der Waals surface area contributed by atoms with Crippen LogP contribution in [0, 0.1) is 5.41 Å². The van der Waals surface area contributed by atoms with Crippen LogP contribution < -0.4 is 15.6 Å². The molecule has 2 aromatic carbocycles. The second-order valence-corrected chi connectivity index (χ2v) is 10.6. The maximum atomic E-state index is 13.4. The number of ether oxygens (including phenoxy) is 1. The lowest BCUT2D eigenvalue weighted by atomic mass is 9.82. The van der Waals surface area contributed by atoms with Crippen LogP contribution in [0.25, 0.3) is 5.69 Å². The zero-order valence-corrected chi connectivity index (χ0v) is 23.1. The fourth-order valence-corrected chi connectivity index (χ4v) is 4.48. The number of carbonyl (C=O) groups excluding carboxylic acids is 2. The zero-order chi connectivity index (χ0) is 27.3. The molecule has 0 fully saturated rings. The first-order chi connectivity index (χ1) is 17.4. The van der Waals surface area contributed by atoms with Gasteiger partial charge < -0.3 is 15.0 Å². The van der Waals surface area contributed by atoms with Crippen LogP contribution in [0.15, 0.2) is 53.3 Å². The summed E-state index contributed by atoms with van der Waals surface area (Å²) >= 11 is 6.07. The minimum Gasteiger partial charge on any atom is -0.496 e. The Morgan fingerprint density at radius 3 is 2.41 bits per heavy atom. The molecule has 9 heteroatoms. The van der Waals surface area contributed by atoms with Crippen molar-refractivity contribution < 1.29 is 14.3 Å². The minimum absolute atomic E-state index is 0.102. The van der Waals surface area contributed by atoms with Gasteiger partial charge in [-0.25, -0.2) is 4.68 Å². The number of benzene rings is 2. The van der Waals surface area contributed by atoms with E-state index in [0.717, 1.165) is 0 Å². The van der Waals surface area contributed by atoms with E-state index in [1.807, 2.05) is 70.2 Å². The summed E-state index contributed by atoms with van der Waals surface area (Å²) in [5.41, 5.74) is 1.33. The van der Waals surface area contributed by atoms with E-state index in [2.05, 4.69) is 5.32 Å². The fraction of sp³-hybridized carbons (Fsp3) is 0.393. The predicted molar refractivity (Wildman–Crippen MR) is 147 cm³/mol. The number of aromatic nitrogens is 2. The number of amides is 1. The van der Waals surface area contributed by atoms with Gasteiger partial charge in [-0.2, -0.15) is 0 Å². The molecule has 0 bridgehead atoms. The molecule has 1 amide bonds. The number of carbonyl (C=O) groups is 2. The van der Waals surface area contributed by atoms with E-state index in [1.165, 1.54) is 7.11 Å². The first-order valence-electron chi connectivity index (χ1n) is 12.1. The Morgan fingerprint density at radius 2 is 1.78 bits per heavy atom. The van der Waals surface area contributed by atoms with Crippen LogP contribution in [0.2, 0.25) is 5.02 Å². The zero-order valence-electron chi connectivity index (χ0n) is 22.3. The standard InChI is InChI=1S/C28H35ClN4O4/c1-28(2,15-14-23(34)21-16-19(29)12-13-24(21)37-6)17-25(35)30-26-22(18-31(3)4)32(5)33(27(26)36)20-10-8-7-9-11-20/h7-13,16H,14-15,17-18H2,1-6H3,(H,30,35). The van der Waals surface area contributed by atoms with Gasteiger partial charge in [-0.15, -0.1) is 0 Å². The number of anilines is 1. The molecule has 198 valence electrons. The van der Waals surface area contributed by atoms with Gasteiger partial charge in [0.2, 0.25) is 5.91 Å². The van der Waals surface area contributed by atoms with Gasteiger partial charge in [0, 0.05) is 31.5 Å². The topological polar surface area (TPSA) is 85.6 Å². The van der Waals surface area contributed by atoms with Crippen LogP contribution in [0.3, 0.4) is 0 Å². The molecule has 0 saturated carbocycles. The van der Waals surface area contributed by atoms with Crippen molar-refractivity contribution in [3.05, 3.63) is 75.2 Å². The Labute approximate surface area is 222 Å². The fourth-order valence-electron chi connectivity index (χ4n) is 4.31. The lowest BCUT2D eigenvalue weighted by Crippen LogP contribution is -2.26. The first-order valence-corrected chi connectivity index (χ1v) is 12.5. The predicted octanol–water partition coefficient (Wildman–Crippen LogP) is 4.92. The number of methoxy groups -OCH3 is 1. The van der Waals surface area contributed by atoms with Gasteiger partial charge in [0.1, 0.15) is 11.4 Å². The van der Waals surface area contributed by atoms with Crippen LogP contribution >= 0.6 is 11.6 Å². The summed E-state index contributed by atoms with van der Waals surface area (Å²) in [4.78, 5) is 41.3. The van der Waals surface area contributed by atoms with Crippen molar-refractivity contribution in [1.29, 1.82) is 0 Å². The number of para-hydroxylation sites is 1. The molecule has 0 radical (unpaired) electrons. The smallest absolute Gasteiger partial charge is 0.295 e. The summed E-state index contributed by atoms with van der Waals surface area (Å²) in [5, 5.41) is 3.33. The first kappa shape index (κ1) is 28.2. The summed E-state index contributed by atoms with van der Waals surface area (Å²) < 4.78 is 8.62. The van der Waals surface area contributed by atoms with Crippen molar-refractivity contribution in [1.82, 2.24) is 14.3 Å². The maximum absolute atomic E-state index is 13.4. The van der Waals surface area contributed by atoms with Gasteiger partial charge in [0.15, 0.2) is 5.78 Å². The van der Waals surface area contributed by atoms with Gasteiger partial charge in [0.05, 0.1) is 24.1 Å². The average molecular weight is 527 g/mol. The molecule has 0 saturated heterocycles. The lowest BCUT2D eigenvalue weighted by molar-refractivity contribution is -0.118. The van der Waals surface area contributed by atoms with E-state index in [1.54, 1.807) is 27.6 Å². The van der Waals surface area contributed by atoms with E-state index in [9.17, 15) is 14.4 Å². The summed E-state index contributed by atoms with van der Waals surface area (Å²) in [7, 11) is 7.13. The number of hydrogen-bond acceptors (Lipinski definition) is 5. The second-order valence-electron chi connectivity index (χ2n) is 10.2. The SMILES string of the molecule is COc1ccc(Cl)cc1C(=O)CCC(C)(C)CC(=O)Nc1c(CN(C)C)n(C)n(-c2ccccc2)c1=O. The third-order valence-corrected chi connectivity index (χ3v) is 6.48. The van der Waals surface area contributed by atoms with Crippen LogP contribution in [0.5, 0.6) is 5.75 Å². The molecule has 0 unspecified atom stereocenters. The van der Waals surface area contributed by atoms with E-state index in [4.69, 9.17) is 16.3 Å². The molecule has 3 aromatic rings. The number of nitrogens with one attached hydrogen (secondary N) is 1. The van der Waals surface area contributed by atoms with Crippen LogP contribution in [-0.4, -0.2) is 47.2 Å². The summed E-state index contributed by atoms with van der Waals surface area (Å²) in [5.74, 6) is 0.0905. The molecule has 1 aromatic heterocycles. The van der Waals surface area contributed by atoms with Gasteiger partial charge in [-0.1, -0.05) is 43.6 Å². The van der Waals surface area contributed by atoms with Crippen LogP contribution in [0.1, 0.15) is 49.2 Å². The Morgan fingerprint density at radius 1 is 1.11 bits per heavy atom. The molecule has 0 atom stereocenters. The molecule has 1 N–H and O–H groups in total. The van der Waals surface area contributed by atoms with Crippen molar-refractivity contribution in [3.8, 4) is 11.4 Å². The highest BCUT2D eigenvalue weighted by Gasteiger charge is 2.27. The van der Waals surface area contributed by atoms with Crippen molar-refractivity contribution >= 4 is 29.0 Å². The summed E-state index contributed by atoms with van der Waals surface area (Å²) in [6, 6.07) is 14.2. The molecule has 0 aliphatic rings. The monoisotopic (exact) mass is 526 g/mol. The van der Waals surface area contributed by atoms with Crippen molar-refractivity contribution in [2.24, 2.45) is 12.5 Å². The summed E-state index contributed by atoms with van der Waals surface area (Å²) in [6.45, 7) is 4.34. The highest BCUT2D eigenvalue weighted by Crippen LogP contribution is 2.31. The molecule has 8 nitrogen and oxygen atoms in total. The number of nitrogens with zero attached hydrogens (tertiary/aromatic N) is 3. The van der Waals surface area contributed by atoms with Gasteiger partial charge in [-0.3, -0.25) is 19.1 Å². The van der Waals surface area contributed by atoms with Gasteiger partial charge >= 0.3 is 0 Å². The highest BCUT2D eigenvalue weighted by atomic mass is 35.5. The molecular formula is C28H35ClN4O4. The largest absolute Gasteiger partial charge is 0.496 e. The molecular weight excluding hydrogens is 492 g/mol. The molecule has 0 aliphatic carbocycles. The number of hydrogen-bond donors (Lipinski definition) is 1. The van der Waals surface area contributed by atoms with Crippen molar-refractivity contribution in [2.75, 3.05) is 26.5 Å². The Balaban J connectivity index is 1.76. The maximum Gasteiger partial charge on any atom is 0.295 e. The number of rotatable bonds is 11. The van der Waals surface area contributed by atoms with Gasteiger partial charge in [-0.05, 0) is 56.3 Å². The molecule has 3 rings (SSSR count). The highest BCUT2D eigenvalue weighted by molar-refractivity contribution is 6.31. The molecule has 0 aliphatic heterocycles. The number of Topliss-reactive ketones (excluding diaryl/α,β-unsaturated/α-hetero) is 1. The van der Waals surface area contributed by atoms with Crippen molar-refractivity contribution in [3.63, 3.8) is 0 Å². The second kappa shape index (κ2) is 11.8. The van der Waals surface area contributed by atoms with E-state index < -0.39 is 5.41 Å². The van der Waals surface area contributed by atoms with Gasteiger partial charge in [0.25, 0.3) is 5.56 Å². The molecule has 1 heterocycles.